The number of hydrogen-bond acceptors (Lipinski definition) is 11. The number of aliphatic carboxylic acids is 1. The van der Waals surface area contributed by atoms with Crippen molar-refractivity contribution in [3.05, 3.63) is 39.3 Å². The third kappa shape index (κ3) is 3.72. The number of thiazole rings is 1. The average Bonchev–Trinajstić information content (AvgIpc) is 3.54. The fraction of sp³-hybridized carbons (Fsp3) is 0.400. The maximum atomic E-state index is 12.9. The number of carboxylic acids is 1. The van der Waals surface area contributed by atoms with Crippen molar-refractivity contribution in [1.82, 2.24) is 15.2 Å². The number of aromatic nitrogens is 2. The van der Waals surface area contributed by atoms with Gasteiger partial charge in [-0.25, -0.2) is 0 Å². The number of anilines is 1. The summed E-state index contributed by atoms with van der Waals surface area (Å²) >= 11 is 3.05. The number of nitrogen functional groups attached to an aromatic ring is 1. The summed E-state index contributed by atoms with van der Waals surface area (Å²) in [5.74, 6) is -2.30. The number of rotatable bonds is 7. The second kappa shape index (κ2) is 8.76. The van der Waals surface area contributed by atoms with Crippen molar-refractivity contribution >= 4 is 52.6 Å². The van der Waals surface area contributed by atoms with Crippen LogP contribution in [0.25, 0.3) is 0 Å². The lowest BCUT2D eigenvalue weighted by Gasteiger charge is -2.50. The largest absolute Gasteiger partial charge is 0.543 e. The maximum absolute atomic E-state index is 12.9. The first-order chi connectivity index (χ1) is 16.4. The lowest BCUT2D eigenvalue weighted by Crippen LogP contribution is -2.71. The van der Waals surface area contributed by atoms with Gasteiger partial charge < -0.3 is 30.2 Å². The van der Waals surface area contributed by atoms with E-state index in [0.29, 0.717) is 17.9 Å². The molecule has 2 amide bonds. The highest BCUT2D eigenvalue weighted by molar-refractivity contribution is 8.00. The van der Waals surface area contributed by atoms with Crippen LogP contribution in [0.4, 0.5) is 6.01 Å². The lowest BCUT2D eigenvalue weighted by molar-refractivity contribution is -0.691. The van der Waals surface area contributed by atoms with Crippen molar-refractivity contribution in [2.24, 2.45) is 5.16 Å². The number of nitrogens with two attached hydrogens (primary N) is 1. The van der Waals surface area contributed by atoms with E-state index in [1.807, 2.05) is 5.51 Å². The molecule has 4 heterocycles. The molecule has 2 aromatic rings. The number of nitrogens with zero attached hydrogens (tertiary/aromatic N) is 4. The van der Waals surface area contributed by atoms with Gasteiger partial charge in [-0.1, -0.05) is 16.5 Å². The van der Waals surface area contributed by atoms with Gasteiger partial charge in [-0.05, 0) is 12.8 Å². The zero-order chi connectivity index (χ0) is 24.0. The van der Waals surface area contributed by atoms with Crippen LogP contribution in [0.1, 0.15) is 22.7 Å². The number of amides is 2. The first-order valence-electron chi connectivity index (χ1n) is 10.4. The van der Waals surface area contributed by atoms with Crippen molar-refractivity contribution in [2.45, 2.75) is 37.2 Å². The molecule has 2 atom stereocenters. The van der Waals surface area contributed by atoms with Crippen molar-refractivity contribution in [1.29, 1.82) is 0 Å². The third-order valence-corrected chi connectivity index (χ3v) is 8.28. The molecule has 12 nitrogen and oxygen atoms in total. The molecule has 2 aromatic heterocycles. The van der Waals surface area contributed by atoms with E-state index in [9.17, 15) is 19.5 Å². The van der Waals surface area contributed by atoms with Crippen LogP contribution in [0.2, 0.25) is 0 Å². The van der Waals surface area contributed by atoms with Gasteiger partial charge in [0.05, 0.1) is 16.5 Å². The van der Waals surface area contributed by atoms with Crippen molar-refractivity contribution < 1.29 is 33.3 Å². The summed E-state index contributed by atoms with van der Waals surface area (Å²) in [5.41, 5.74) is 8.97. The van der Waals surface area contributed by atoms with E-state index in [2.05, 4.69) is 20.0 Å². The first kappa shape index (κ1) is 22.4. The standard InChI is InChI=1S/C20H20N6O6S2/c1-31-24-13(10-6-32-20(21)22-10)16(27)23-14-17(28)26-15(19(29)30)9(7-33-18(14)26)5-25-8-34-12-4-2-3-11(12)25/h6,8,14,18H,2-5,7H2,1H3,(H3-,21,22,23,27,29,30)/b24-13-/t14-,18-/m1/s1. The van der Waals surface area contributed by atoms with Crippen LogP contribution < -0.4 is 20.7 Å². The molecule has 0 aromatic carbocycles. The van der Waals surface area contributed by atoms with Gasteiger partial charge in [0.15, 0.2) is 18.0 Å². The second-order valence-corrected chi connectivity index (χ2v) is 9.91. The van der Waals surface area contributed by atoms with Gasteiger partial charge >= 0.3 is 0 Å². The number of carbonyl (C=O) groups excluding carboxylic acids is 3. The number of β-lactam (4-membered cyclic amide) rings is 1. The SMILES string of the molecule is CO/N=C(\C(=O)N[C@@H]1C(=O)N2C(C(=O)[O-])=C(C[n+]3csc4c3CCC4)CS[C@H]12)c1coc(N)n1. The molecule has 178 valence electrons. The van der Waals surface area contributed by atoms with Crippen LogP contribution in [0, 0.1) is 0 Å². The Hall–Kier alpha value is -3.39. The third-order valence-electron chi connectivity index (χ3n) is 5.86. The molecule has 3 N–H and O–H groups in total. The van der Waals surface area contributed by atoms with Crippen LogP contribution in [0.15, 0.2) is 32.6 Å². The van der Waals surface area contributed by atoms with E-state index in [0.717, 1.165) is 25.5 Å². The van der Waals surface area contributed by atoms with E-state index in [4.69, 9.17) is 15.0 Å². The molecular weight excluding hydrogens is 484 g/mol. The van der Waals surface area contributed by atoms with Gasteiger partial charge in [0.25, 0.3) is 17.8 Å². The minimum atomic E-state index is -1.41. The zero-order valence-corrected chi connectivity index (χ0v) is 19.6. The van der Waals surface area contributed by atoms with Crippen molar-refractivity contribution in [2.75, 3.05) is 18.6 Å². The highest BCUT2D eigenvalue weighted by Gasteiger charge is 2.53. The molecule has 1 aliphatic carbocycles. The molecule has 1 fully saturated rings. The number of aryl methyl sites for hydroxylation is 1. The van der Waals surface area contributed by atoms with Crippen LogP contribution in [0.3, 0.4) is 0 Å². The minimum Gasteiger partial charge on any atom is -0.543 e. The van der Waals surface area contributed by atoms with E-state index in [1.165, 1.54) is 34.3 Å². The van der Waals surface area contributed by atoms with Gasteiger partial charge in [0.2, 0.25) is 5.51 Å². The number of carbonyl (C=O) groups is 3. The lowest BCUT2D eigenvalue weighted by atomic mass is 10.0. The smallest absolute Gasteiger partial charge is 0.292 e. The minimum absolute atomic E-state index is 0.0368. The Labute approximate surface area is 201 Å². The number of carboxylic acid groups (broad SMARTS) is 1. The Morgan fingerprint density at radius 1 is 1.47 bits per heavy atom. The van der Waals surface area contributed by atoms with E-state index in [-0.39, 0.29) is 23.1 Å². The Kier molecular flexibility index (Phi) is 5.77. The second-order valence-electron chi connectivity index (χ2n) is 7.87. The maximum Gasteiger partial charge on any atom is 0.292 e. The number of hydrogen-bond donors (Lipinski definition) is 2. The number of oxazole rings is 1. The monoisotopic (exact) mass is 504 g/mol. The molecule has 2 aliphatic heterocycles. The predicted molar refractivity (Wildman–Crippen MR) is 118 cm³/mol. The first-order valence-corrected chi connectivity index (χ1v) is 12.3. The predicted octanol–water partition coefficient (Wildman–Crippen LogP) is -1.45. The molecule has 0 spiro atoms. The van der Waals surface area contributed by atoms with Gasteiger partial charge in [0, 0.05) is 17.7 Å². The summed E-state index contributed by atoms with van der Waals surface area (Å²) in [6.45, 7) is 0.383. The molecule has 3 aliphatic rings. The van der Waals surface area contributed by atoms with Crippen molar-refractivity contribution in [3.63, 3.8) is 0 Å². The number of fused-ring (bicyclic) bond motifs is 2. The Bertz CT molecular complexity index is 1250. The van der Waals surface area contributed by atoms with E-state index < -0.39 is 29.2 Å². The Morgan fingerprint density at radius 3 is 3.00 bits per heavy atom. The van der Waals surface area contributed by atoms with Gasteiger partial charge in [0.1, 0.15) is 30.5 Å². The Balaban J connectivity index is 1.35. The van der Waals surface area contributed by atoms with E-state index in [1.54, 1.807) is 11.3 Å². The average molecular weight is 505 g/mol. The summed E-state index contributed by atoms with van der Waals surface area (Å²) < 4.78 is 6.97. The van der Waals surface area contributed by atoms with Gasteiger partial charge in [-0.3, -0.25) is 14.5 Å². The summed E-state index contributed by atoms with van der Waals surface area (Å²) in [6, 6.07) is -1.11. The quantitative estimate of drug-likeness (QED) is 0.198. The van der Waals surface area contributed by atoms with Gasteiger partial charge in [-0.2, -0.15) is 9.55 Å². The molecule has 0 bridgehead atoms. The highest BCUT2D eigenvalue weighted by atomic mass is 32.2. The van der Waals surface area contributed by atoms with Crippen LogP contribution in [-0.2, 0) is 38.6 Å². The fourth-order valence-electron chi connectivity index (χ4n) is 4.36. The topological polar surface area (TPSA) is 167 Å². The number of nitrogens with one attached hydrogen (secondary N) is 1. The van der Waals surface area contributed by atoms with Crippen LogP contribution in [0.5, 0.6) is 0 Å². The molecule has 0 radical (unpaired) electrons. The molecule has 34 heavy (non-hydrogen) atoms. The highest BCUT2D eigenvalue weighted by Crippen LogP contribution is 2.40. The van der Waals surface area contributed by atoms with Crippen LogP contribution >= 0.6 is 23.1 Å². The van der Waals surface area contributed by atoms with Crippen molar-refractivity contribution in [3.8, 4) is 0 Å². The fourth-order valence-corrected chi connectivity index (χ4v) is 6.76. The molecule has 1 saturated heterocycles. The zero-order valence-electron chi connectivity index (χ0n) is 18.0. The molecule has 0 unspecified atom stereocenters. The summed E-state index contributed by atoms with van der Waals surface area (Å²) in [5, 5.41) is 17.7. The molecule has 5 rings (SSSR count). The normalized spacial score (nSPS) is 21.7. The van der Waals surface area contributed by atoms with Gasteiger partial charge in [-0.15, -0.1) is 11.8 Å². The number of oxime groups is 1. The Morgan fingerprint density at radius 2 is 2.29 bits per heavy atom. The summed E-state index contributed by atoms with van der Waals surface area (Å²) in [6.07, 6.45) is 4.23. The van der Waals surface area contributed by atoms with E-state index >= 15 is 0 Å². The summed E-state index contributed by atoms with van der Waals surface area (Å²) in [7, 11) is 1.25. The number of thioether (sulfide) groups is 1. The summed E-state index contributed by atoms with van der Waals surface area (Å²) in [4.78, 5) is 48.9. The molecular formula is C20H20N6O6S2. The molecule has 14 heteroatoms. The molecule has 0 saturated carbocycles. The van der Waals surface area contributed by atoms with Crippen LogP contribution in [-0.4, -0.2) is 57.7 Å².